The fourth-order valence-electron chi connectivity index (χ4n) is 1.71. The van der Waals surface area contributed by atoms with E-state index in [-0.39, 0.29) is 10.9 Å². The van der Waals surface area contributed by atoms with Crippen LogP contribution in [0.15, 0.2) is 18.2 Å². The van der Waals surface area contributed by atoms with Crippen LogP contribution in [0.5, 0.6) is 0 Å². The molecule has 0 aromatic heterocycles. The third kappa shape index (κ3) is 4.36. The molecule has 0 aliphatic heterocycles. The molecule has 1 aromatic rings. The lowest BCUT2D eigenvalue weighted by Gasteiger charge is -2.11. The molecule has 102 valence electrons. The van der Waals surface area contributed by atoms with Gasteiger partial charge in [-0.2, -0.15) is 0 Å². The number of anilines is 1. The van der Waals surface area contributed by atoms with Crippen LogP contribution in [-0.4, -0.2) is 23.5 Å². The topological polar surface area (TPSA) is 67.1 Å². The summed E-state index contributed by atoms with van der Waals surface area (Å²) >= 11 is 10.9. The Morgan fingerprint density at radius 1 is 1.47 bits per heavy atom. The van der Waals surface area contributed by atoms with Crippen molar-refractivity contribution in [3.8, 4) is 0 Å². The van der Waals surface area contributed by atoms with E-state index in [2.05, 4.69) is 10.6 Å². The molecule has 1 aliphatic carbocycles. The molecule has 1 amide bonds. The van der Waals surface area contributed by atoms with Gasteiger partial charge in [0.05, 0.1) is 0 Å². The molecule has 0 heterocycles. The van der Waals surface area contributed by atoms with Gasteiger partial charge in [0.15, 0.2) is 0 Å². The number of nitrogens with two attached hydrogens (primary N) is 1. The lowest BCUT2D eigenvalue weighted by atomic mass is 10.1. The van der Waals surface area contributed by atoms with Crippen LogP contribution < -0.4 is 16.4 Å². The molecule has 1 aliphatic rings. The molecule has 2 rings (SSSR count). The molecule has 1 saturated carbocycles. The Bertz CT molecular complexity index is 503. The van der Waals surface area contributed by atoms with Gasteiger partial charge in [-0.15, -0.1) is 0 Å². The van der Waals surface area contributed by atoms with Crippen molar-refractivity contribution in [2.24, 2.45) is 5.73 Å². The molecule has 4 nitrogen and oxygen atoms in total. The maximum Gasteiger partial charge on any atom is 0.221 e. The van der Waals surface area contributed by atoms with E-state index in [0.717, 1.165) is 18.5 Å². The second kappa shape index (κ2) is 6.21. The normalized spacial score (nSPS) is 13.9. The van der Waals surface area contributed by atoms with Crippen molar-refractivity contribution in [1.29, 1.82) is 0 Å². The van der Waals surface area contributed by atoms with Crippen molar-refractivity contribution in [3.63, 3.8) is 0 Å². The van der Waals surface area contributed by atoms with Gasteiger partial charge in [-0.3, -0.25) is 4.79 Å². The highest BCUT2D eigenvalue weighted by molar-refractivity contribution is 7.80. The van der Waals surface area contributed by atoms with E-state index in [9.17, 15) is 4.79 Å². The maximum absolute atomic E-state index is 11.5. The van der Waals surface area contributed by atoms with E-state index >= 15 is 0 Å². The second-order valence-corrected chi connectivity index (χ2v) is 5.45. The van der Waals surface area contributed by atoms with Gasteiger partial charge in [-0.1, -0.05) is 23.8 Å². The first-order valence-corrected chi connectivity index (χ1v) is 6.97. The summed E-state index contributed by atoms with van der Waals surface area (Å²) in [4.78, 5) is 11.8. The van der Waals surface area contributed by atoms with Crippen molar-refractivity contribution >= 4 is 40.4 Å². The van der Waals surface area contributed by atoms with Gasteiger partial charge < -0.3 is 16.4 Å². The van der Waals surface area contributed by atoms with Crippen LogP contribution in [0.3, 0.4) is 0 Å². The summed E-state index contributed by atoms with van der Waals surface area (Å²) in [5, 5.41) is 6.68. The van der Waals surface area contributed by atoms with Gasteiger partial charge in [0.25, 0.3) is 0 Å². The van der Waals surface area contributed by atoms with Crippen LogP contribution in [0.4, 0.5) is 5.69 Å². The van der Waals surface area contributed by atoms with Gasteiger partial charge in [-0.05, 0) is 31.0 Å². The third-order valence-electron chi connectivity index (χ3n) is 2.86. The minimum Gasteiger partial charge on any atom is -0.389 e. The Balaban J connectivity index is 1.87. The van der Waals surface area contributed by atoms with E-state index in [1.54, 1.807) is 12.1 Å². The molecule has 0 saturated heterocycles. The first kappa shape index (κ1) is 14.1. The summed E-state index contributed by atoms with van der Waals surface area (Å²) in [6, 6.07) is 5.69. The SMILES string of the molecule is NC(=S)c1cc(Cl)ccc1NCCC(=O)NC1CC1. The van der Waals surface area contributed by atoms with E-state index in [1.807, 2.05) is 6.07 Å². The van der Waals surface area contributed by atoms with Crippen molar-refractivity contribution < 1.29 is 4.79 Å². The number of thiocarbonyl (C=S) groups is 1. The monoisotopic (exact) mass is 297 g/mol. The molecule has 6 heteroatoms. The zero-order valence-electron chi connectivity index (χ0n) is 10.4. The molecule has 0 radical (unpaired) electrons. The second-order valence-electron chi connectivity index (χ2n) is 4.57. The number of carbonyl (C=O) groups excluding carboxylic acids is 1. The summed E-state index contributed by atoms with van der Waals surface area (Å²) in [5.74, 6) is 0.0702. The molecule has 19 heavy (non-hydrogen) atoms. The van der Waals surface area contributed by atoms with Crippen LogP contribution >= 0.6 is 23.8 Å². The number of rotatable bonds is 6. The summed E-state index contributed by atoms with van der Waals surface area (Å²) < 4.78 is 0. The summed E-state index contributed by atoms with van der Waals surface area (Å²) in [5.41, 5.74) is 7.14. The zero-order chi connectivity index (χ0) is 13.8. The van der Waals surface area contributed by atoms with E-state index in [0.29, 0.717) is 29.6 Å². The number of amides is 1. The maximum atomic E-state index is 11.5. The fourth-order valence-corrected chi connectivity index (χ4v) is 2.05. The van der Waals surface area contributed by atoms with Gasteiger partial charge in [-0.25, -0.2) is 0 Å². The molecule has 0 spiro atoms. The number of nitrogens with one attached hydrogen (secondary N) is 2. The average molecular weight is 298 g/mol. The van der Waals surface area contributed by atoms with Crippen LogP contribution in [0.25, 0.3) is 0 Å². The van der Waals surface area contributed by atoms with Crippen molar-refractivity contribution in [3.05, 3.63) is 28.8 Å². The molecule has 0 atom stereocenters. The van der Waals surface area contributed by atoms with Crippen molar-refractivity contribution in [2.45, 2.75) is 25.3 Å². The van der Waals surface area contributed by atoms with Gasteiger partial charge in [0, 0.05) is 35.3 Å². The summed E-state index contributed by atoms with van der Waals surface area (Å²) in [6.45, 7) is 0.537. The molecule has 4 N–H and O–H groups in total. The molecular weight excluding hydrogens is 282 g/mol. The number of hydrogen-bond donors (Lipinski definition) is 3. The zero-order valence-corrected chi connectivity index (χ0v) is 12.0. The van der Waals surface area contributed by atoms with Crippen LogP contribution in [0, 0.1) is 0 Å². The Kier molecular flexibility index (Phi) is 4.61. The van der Waals surface area contributed by atoms with E-state index in [1.165, 1.54) is 0 Å². The van der Waals surface area contributed by atoms with Crippen molar-refractivity contribution in [1.82, 2.24) is 5.32 Å². The quantitative estimate of drug-likeness (QED) is 0.703. The average Bonchev–Trinajstić information content (AvgIpc) is 3.14. The molecule has 0 unspecified atom stereocenters. The van der Waals surface area contributed by atoms with Gasteiger partial charge >= 0.3 is 0 Å². The lowest BCUT2D eigenvalue weighted by molar-refractivity contribution is -0.120. The molecule has 1 aromatic carbocycles. The first-order valence-electron chi connectivity index (χ1n) is 6.19. The minimum absolute atomic E-state index is 0.0702. The highest BCUT2D eigenvalue weighted by Gasteiger charge is 2.22. The number of carbonyl (C=O) groups is 1. The molecule has 0 bridgehead atoms. The Hall–Kier alpha value is -1.33. The van der Waals surface area contributed by atoms with Crippen LogP contribution in [0.1, 0.15) is 24.8 Å². The first-order chi connectivity index (χ1) is 9.06. The molecule has 1 fully saturated rings. The Labute approximate surface area is 122 Å². The Morgan fingerprint density at radius 2 is 2.21 bits per heavy atom. The Morgan fingerprint density at radius 3 is 2.84 bits per heavy atom. The summed E-state index contributed by atoms with van der Waals surface area (Å²) in [7, 11) is 0. The number of hydrogen-bond acceptors (Lipinski definition) is 3. The highest BCUT2D eigenvalue weighted by atomic mass is 35.5. The van der Waals surface area contributed by atoms with Crippen molar-refractivity contribution in [2.75, 3.05) is 11.9 Å². The molecular formula is C13H16ClN3OS. The smallest absolute Gasteiger partial charge is 0.221 e. The van der Waals surface area contributed by atoms with Crippen LogP contribution in [0.2, 0.25) is 5.02 Å². The highest BCUT2D eigenvalue weighted by Crippen LogP contribution is 2.21. The largest absolute Gasteiger partial charge is 0.389 e. The standard InChI is InChI=1S/C13H16ClN3OS/c14-8-1-4-11(10(7-8)13(15)19)16-6-5-12(18)17-9-2-3-9/h1,4,7,9,16H,2-3,5-6H2,(H2,15,19)(H,17,18). The fraction of sp³-hybridized carbons (Fsp3) is 0.385. The number of halogens is 1. The predicted molar refractivity (Wildman–Crippen MR) is 81.6 cm³/mol. The predicted octanol–water partition coefficient (Wildman–Crippen LogP) is 2.05. The van der Waals surface area contributed by atoms with E-state index in [4.69, 9.17) is 29.6 Å². The lowest BCUT2D eigenvalue weighted by Crippen LogP contribution is -2.27. The minimum atomic E-state index is 0.0702. The van der Waals surface area contributed by atoms with Crippen LogP contribution in [-0.2, 0) is 4.79 Å². The number of benzene rings is 1. The summed E-state index contributed by atoms with van der Waals surface area (Å²) in [6.07, 6.45) is 2.62. The van der Waals surface area contributed by atoms with Gasteiger partial charge in [0.2, 0.25) is 5.91 Å². The third-order valence-corrected chi connectivity index (χ3v) is 3.31. The van der Waals surface area contributed by atoms with Gasteiger partial charge in [0.1, 0.15) is 4.99 Å². The van der Waals surface area contributed by atoms with E-state index < -0.39 is 0 Å².